The lowest BCUT2D eigenvalue weighted by Gasteiger charge is -2.44. The van der Waals surface area contributed by atoms with Crippen molar-refractivity contribution >= 4 is 106 Å². The third-order valence-corrected chi connectivity index (χ3v) is 16.7. The van der Waals surface area contributed by atoms with Crippen LogP contribution in [-0.2, 0) is 10.8 Å². The lowest BCUT2D eigenvalue weighted by Crippen LogP contribution is -2.61. The van der Waals surface area contributed by atoms with Gasteiger partial charge in [-0.2, -0.15) is 0 Å². The molecule has 0 radical (unpaired) electrons. The van der Waals surface area contributed by atoms with E-state index in [4.69, 9.17) is 4.11 Å². The highest BCUT2D eigenvalue weighted by Crippen LogP contribution is 2.56. The van der Waals surface area contributed by atoms with E-state index in [1.807, 2.05) is 34.4 Å². The summed E-state index contributed by atoms with van der Waals surface area (Å²) in [4.78, 5) is 6.86. The van der Waals surface area contributed by atoms with E-state index in [1.165, 1.54) is 53.4 Å². The van der Waals surface area contributed by atoms with Gasteiger partial charge in [0.1, 0.15) is 0 Å². The highest BCUT2D eigenvalue weighted by molar-refractivity contribution is 7.26. The minimum absolute atomic E-state index is 0.0760. The number of fused-ring (bicyclic) bond motifs is 10. The normalized spacial score (nSPS) is 14.9. The van der Waals surface area contributed by atoms with Crippen LogP contribution in [0, 0.1) is 0 Å². The summed E-state index contributed by atoms with van der Waals surface area (Å²) in [6.07, 6.45) is 0. The predicted octanol–water partition coefficient (Wildman–Crippen LogP) is 16.9. The molecule has 3 heterocycles. The van der Waals surface area contributed by atoms with Gasteiger partial charge in [-0.15, -0.1) is 11.3 Å². The first-order valence-corrected chi connectivity index (χ1v) is 25.7. The van der Waals surface area contributed by atoms with E-state index in [0.717, 1.165) is 56.3 Å². The van der Waals surface area contributed by atoms with Crippen LogP contribution in [0.4, 0.5) is 51.2 Å². The average Bonchev–Trinajstić information content (AvgIpc) is 4.09. The summed E-state index contributed by atoms with van der Waals surface area (Å²) in [7, 11) is 0. The maximum atomic E-state index is 9.65. The minimum atomic E-state index is -0.436. The zero-order chi connectivity index (χ0) is 52.8. The lowest BCUT2D eigenvalue weighted by molar-refractivity contribution is 0.590. The molecule has 10 aromatic carbocycles. The van der Waals surface area contributed by atoms with Crippen LogP contribution in [0.2, 0.25) is 0 Å². The molecule has 14 rings (SSSR count). The third kappa shape index (κ3) is 6.30. The number of para-hydroxylation sites is 2. The molecule has 3 nitrogen and oxygen atoms in total. The first kappa shape index (κ1) is 37.7. The van der Waals surface area contributed by atoms with E-state index in [-0.39, 0.29) is 35.3 Å². The van der Waals surface area contributed by atoms with Crippen molar-refractivity contribution in [1.29, 1.82) is 0 Å². The van der Waals surface area contributed by atoms with Gasteiger partial charge in [0.2, 0.25) is 0 Å². The fraction of sp³-hybridized carbons (Fsp3) is 0.104. The van der Waals surface area contributed by atoms with Gasteiger partial charge in [0.05, 0.1) is 28.6 Å². The van der Waals surface area contributed by atoms with Crippen LogP contribution in [0.1, 0.15) is 58.2 Å². The molecule has 5 heteroatoms. The number of anilines is 9. The molecule has 0 fully saturated rings. The Hall–Kier alpha value is -8.12. The smallest absolute Gasteiger partial charge is 0.252 e. The Morgan fingerprint density at radius 2 is 1.15 bits per heavy atom. The maximum absolute atomic E-state index is 9.65. The van der Waals surface area contributed by atoms with Crippen LogP contribution >= 0.6 is 11.3 Å². The molecule has 0 saturated carbocycles. The second-order valence-corrected chi connectivity index (χ2v) is 21.9. The summed E-state index contributed by atoms with van der Waals surface area (Å²) in [6, 6.07) is 67.8. The van der Waals surface area contributed by atoms with Gasteiger partial charge in [-0.3, -0.25) is 0 Å². The van der Waals surface area contributed by atoms with Crippen molar-refractivity contribution in [2.75, 3.05) is 14.7 Å². The quantitative estimate of drug-likeness (QED) is 0.154. The summed E-state index contributed by atoms with van der Waals surface area (Å²) in [5.41, 5.74) is 18.6. The topological polar surface area (TPSA) is 9.72 Å². The summed E-state index contributed by atoms with van der Waals surface area (Å²) in [5, 5.41) is 2.49. The Balaban J connectivity index is 1.08. The first-order valence-electron chi connectivity index (χ1n) is 27.4. The zero-order valence-corrected chi connectivity index (χ0v) is 41.6. The van der Waals surface area contributed by atoms with Gasteiger partial charge in [-0.25, -0.2) is 0 Å². The third-order valence-electron chi connectivity index (χ3n) is 15.5. The molecule has 3 aliphatic rings. The van der Waals surface area contributed by atoms with Gasteiger partial charge >= 0.3 is 0 Å². The van der Waals surface area contributed by atoms with Crippen molar-refractivity contribution in [2.24, 2.45) is 0 Å². The predicted molar refractivity (Wildman–Crippen MR) is 310 cm³/mol. The van der Waals surface area contributed by atoms with Gasteiger partial charge in [0.25, 0.3) is 6.71 Å². The summed E-state index contributed by atoms with van der Waals surface area (Å²) in [5.74, 6) is 0. The number of hydrogen-bond acceptors (Lipinski definition) is 4. The van der Waals surface area contributed by atoms with Crippen molar-refractivity contribution < 1.29 is 6.85 Å². The molecule has 72 heavy (non-hydrogen) atoms. The highest BCUT2D eigenvalue weighted by Gasteiger charge is 2.45. The zero-order valence-electron chi connectivity index (χ0n) is 45.8. The summed E-state index contributed by atoms with van der Waals surface area (Å²) < 4.78 is 48.7. The van der Waals surface area contributed by atoms with E-state index in [9.17, 15) is 2.74 Å². The molecule has 0 unspecified atom stereocenters. The highest BCUT2D eigenvalue weighted by atomic mass is 32.1. The van der Waals surface area contributed by atoms with Crippen LogP contribution < -0.4 is 31.1 Å². The van der Waals surface area contributed by atoms with Crippen molar-refractivity contribution in [3.05, 3.63) is 241 Å². The molecule has 0 spiro atoms. The second-order valence-electron chi connectivity index (χ2n) is 20.9. The Labute approximate surface area is 434 Å². The second kappa shape index (κ2) is 15.9. The fourth-order valence-corrected chi connectivity index (χ4v) is 13.4. The fourth-order valence-electron chi connectivity index (χ4n) is 12.1. The number of nitrogens with zero attached hydrogens (tertiary/aromatic N) is 3. The van der Waals surface area contributed by atoms with Gasteiger partial charge < -0.3 is 14.7 Å². The molecule has 344 valence electrons. The SMILES string of the molecule is [2H]c1c([2H])c([2H])c(N(c2ccc3c(c2)N(c2cccc4c2-c2ccccc2C4(C)C)c2cccc4c2B3c2ccccc2N4c2cccc3c2sc2ccccc23)c2ccc(C(C)(C)C)cc2-c2ccccc2)c([2H])c1[2H]. The van der Waals surface area contributed by atoms with Crippen LogP contribution in [-0.4, -0.2) is 6.71 Å². The van der Waals surface area contributed by atoms with Crippen LogP contribution in [0.3, 0.4) is 0 Å². The minimum Gasteiger partial charge on any atom is -0.311 e. The van der Waals surface area contributed by atoms with Crippen molar-refractivity contribution in [2.45, 2.75) is 45.4 Å². The monoisotopic (exact) mass is 946 g/mol. The Kier molecular flexibility index (Phi) is 8.35. The van der Waals surface area contributed by atoms with E-state index >= 15 is 0 Å². The molecule has 0 saturated heterocycles. The standard InChI is InChI=1S/C67H52BN3S/c1-66(2,3)44-37-40-55(50(41-44)43-21-8-6-9-22-43)69(45-23-10-7-11-24-45)46-38-39-54-61(42-46)71(57-32-19-29-52-63(57)49-26-12-14-28-51(49)67(52,4)5)59-34-20-33-58-64(59)68(54)53-30-15-16-31-56(53)70(58)60-35-18-27-48-47-25-13-17-36-62(47)72-65(48)60/h6-42H,1-5H3/i7D,10D,11D,23D,24D. The molecular weight excluding hydrogens is 890 g/mol. The first-order chi connectivity index (χ1) is 37.2. The Bertz CT molecular complexity index is 4270. The molecule has 0 amide bonds. The van der Waals surface area contributed by atoms with E-state index in [1.54, 1.807) is 0 Å². The number of benzene rings is 10. The molecule has 2 aliphatic heterocycles. The summed E-state index contributed by atoms with van der Waals surface area (Å²) in [6.45, 7) is 11.0. The molecule has 0 bridgehead atoms. The number of thiophene rings is 1. The average molecular weight is 947 g/mol. The van der Waals surface area contributed by atoms with Crippen molar-refractivity contribution in [1.82, 2.24) is 0 Å². The van der Waals surface area contributed by atoms with Crippen LogP contribution in [0.25, 0.3) is 42.4 Å². The van der Waals surface area contributed by atoms with Gasteiger partial charge in [0, 0.05) is 66.1 Å². The maximum Gasteiger partial charge on any atom is 0.252 e. The van der Waals surface area contributed by atoms with Crippen molar-refractivity contribution in [3.8, 4) is 22.3 Å². The molecule has 1 aliphatic carbocycles. The van der Waals surface area contributed by atoms with Crippen LogP contribution in [0.5, 0.6) is 0 Å². The van der Waals surface area contributed by atoms with E-state index in [2.05, 4.69) is 220 Å². The Morgan fingerprint density at radius 1 is 0.514 bits per heavy atom. The molecule has 11 aromatic rings. The van der Waals surface area contributed by atoms with Gasteiger partial charge in [-0.1, -0.05) is 186 Å². The number of rotatable bonds is 6. The van der Waals surface area contributed by atoms with E-state index in [0.29, 0.717) is 11.4 Å². The van der Waals surface area contributed by atoms with E-state index < -0.39 is 18.1 Å². The Morgan fingerprint density at radius 3 is 1.99 bits per heavy atom. The van der Waals surface area contributed by atoms with Crippen molar-refractivity contribution in [3.63, 3.8) is 0 Å². The van der Waals surface area contributed by atoms with Gasteiger partial charge in [0.15, 0.2) is 0 Å². The van der Waals surface area contributed by atoms with Gasteiger partial charge in [-0.05, 0) is 122 Å². The van der Waals surface area contributed by atoms with Crippen LogP contribution in [0.15, 0.2) is 224 Å². The number of hydrogen-bond donors (Lipinski definition) is 0. The largest absolute Gasteiger partial charge is 0.311 e. The molecule has 0 atom stereocenters. The molecular formula is C67H52BN3S. The molecule has 1 aromatic heterocycles. The lowest BCUT2D eigenvalue weighted by atomic mass is 9.33. The molecule has 0 N–H and O–H groups in total. The summed E-state index contributed by atoms with van der Waals surface area (Å²) >= 11 is 1.84.